The largest absolute Gasteiger partial charge is 0.493 e. The second kappa shape index (κ2) is 4.13. The molecule has 3 heteroatoms. The van der Waals surface area contributed by atoms with Crippen molar-refractivity contribution in [2.24, 2.45) is 0 Å². The number of benzene rings is 1. The first kappa shape index (κ1) is 9.06. The van der Waals surface area contributed by atoms with Gasteiger partial charge in [-0.15, -0.1) is 0 Å². The van der Waals surface area contributed by atoms with Crippen LogP contribution in [0.15, 0.2) is 24.3 Å². The smallest absolute Gasteiger partial charge is 0.223 e. The topological polar surface area (TPSA) is 38.3 Å². The average molecular weight is 191 g/mol. The number of nitrogens with one attached hydrogen (secondary N) is 1. The summed E-state index contributed by atoms with van der Waals surface area (Å²) in [7, 11) is 0. The van der Waals surface area contributed by atoms with Gasteiger partial charge < -0.3 is 10.1 Å². The van der Waals surface area contributed by atoms with Crippen molar-refractivity contribution < 1.29 is 9.53 Å². The quantitative estimate of drug-likeness (QED) is 0.667. The third kappa shape index (κ3) is 2.25. The Hall–Kier alpha value is -1.51. The fourth-order valence-corrected chi connectivity index (χ4v) is 1.49. The van der Waals surface area contributed by atoms with Crippen molar-refractivity contribution in [1.82, 2.24) is 5.32 Å². The molecule has 1 aliphatic heterocycles. The van der Waals surface area contributed by atoms with Crippen LogP contribution in [0.25, 0.3) is 0 Å². The van der Waals surface area contributed by atoms with Crippen molar-refractivity contribution in [2.75, 3.05) is 13.2 Å². The molecule has 2 rings (SSSR count). The molecule has 1 aliphatic rings. The summed E-state index contributed by atoms with van der Waals surface area (Å²) >= 11 is 0. The molecule has 2 bridgehead atoms. The van der Waals surface area contributed by atoms with Crippen LogP contribution in [0.5, 0.6) is 5.75 Å². The zero-order valence-corrected chi connectivity index (χ0v) is 7.95. The molecule has 1 heterocycles. The van der Waals surface area contributed by atoms with Crippen molar-refractivity contribution in [3.8, 4) is 5.75 Å². The molecule has 0 aliphatic carbocycles. The molecule has 0 saturated heterocycles. The molecule has 1 aromatic rings. The molecule has 1 aromatic carbocycles. The maximum absolute atomic E-state index is 11.2. The maximum atomic E-state index is 11.2. The molecule has 1 N–H and O–H groups in total. The van der Waals surface area contributed by atoms with E-state index in [0.717, 1.165) is 12.2 Å². The van der Waals surface area contributed by atoms with E-state index in [9.17, 15) is 4.79 Å². The van der Waals surface area contributed by atoms with E-state index >= 15 is 0 Å². The number of carbonyl (C=O) groups excluding carboxylic acids is 1. The minimum atomic E-state index is 0.0650. The highest BCUT2D eigenvalue weighted by Crippen LogP contribution is 2.14. The summed E-state index contributed by atoms with van der Waals surface area (Å²) in [6, 6.07) is 7.97. The molecular formula is C11H13NO2. The van der Waals surface area contributed by atoms with Gasteiger partial charge in [-0.2, -0.15) is 0 Å². The maximum Gasteiger partial charge on any atom is 0.223 e. The Morgan fingerprint density at radius 2 is 2.21 bits per heavy atom. The molecule has 1 amide bonds. The Morgan fingerprint density at radius 1 is 1.29 bits per heavy atom. The molecule has 0 spiro atoms. The summed E-state index contributed by atoms with van der Waals surface area (Å²) in [6.07, 6.45) is 1.30. The van der Waals surface area contributed by atoms with E-state index in [1.54, 1.807) is 0 Å². The van der Waals surface area contributed by atoms with Gasteiger partial charge >= 0.3 is 0 Å². The van der Waals surface area contributed by atoms with Crippen molar-refractivity contribution in [2.45, 2.75) is 12.8 Å². The number of hydrogen-bond donors (Lipinski definition) is 1. The van der Waals surface area contributed by atoms with Gasteiger partial charge in [0, 0.05) is 6.54 Å². The molecule has 0 fully saturated rings. The van der Waals surface area contributed by atoms with Crippen LogP contribution in [0.1, 0.15) is 12.0 Å². The van der Waals surface area contributed by atoms with Gasteiger partial charge in [0.15, 0.2) is 0 Å². The molecule has 74 valence electrons. The minimum Gasteiger partial charge on any atom is -0.493 e. The zero-order chi connectivity index (χ0) is 9.80. The van der Waals surface area contributed by atoms with Gasteiger partial charge in [-0.1, -0.05) is 12.1 Å². The van der Waals surface area contributed by atoms with E-state index in [-0.39, 0.29) is 5.91 Å². The van der Waals surface area contributed by atoms with Crippen LogP contribution in [-0.4, -0.2) is 19.1 Å². The first-order chi connectivity index (χ1) is 6.84. The fraction of sp³-hybridized carbons (Fsp3) is 0.364. The summed E-state index contributed by atoms with van der Waals surface area (Å²) in [5, 5.41) is 2.84. The molecule has 3 nitrogen and oxygen atoms in total. The molecule has 14 heavy (non-hydrogen) atoms. The predicted octanol–water partition coefficient (Wildman–Crippen LogP) is 1.13. The van der Waals surface area contributed by atoms with Crippen LogP contribution < -0.4 is 10.1 Å². The number of fused-ring (bicyclic) bond motifs is 2. The Morgan fingerprint density at radius 3 is 3.14 bits per heavy atom. The van der Waals surface area contributed by atoms with Gasteiger partial charge in [0.25, 0.3) is 0 Å². The lowest BCUT2D eigenvalue weighted by atomic mass is 10.1. The highest BCUT2D eigenvalue weighted by Gasteiger charge is 2.05. The van der Waals surface area contributed by atoms with Crippen LogP contribution in [-0.2, 0) is 11.2 Å². The van der Waals surface area contributed by atoms with E-state index in [1.165, 1.54) is 5.56 Å². The summed E-state index contributed by atoms with van der Waals surface area (Å²) in [6.45, 7) is 1.16. The minimum absolute atomic E-state index is 0.0650. The molecule has 0 radical (unpaired) electrons. The van der Waals surface area contributed by atoms with Gasteiger partial charge in [0.2, 0.25) is 5.91 Å². The second-order valence-corrected chi connectivity index (χ2v) is 3.35. The second-order valence-electron chi connectivity index (χ2n) is 3.35. The summed E-state index contributed by atoms with van der Waals surface area (Å²) in [4.78, 5) is 11.2. The normalized spacial score (nSPS) is 16.7. The lowest BCUT2D eigenvalue weighted by Gasteiger charge is -2.11. The average Bonchev–Trinajstić information content (AvgIpc) is 2.18. The molecular weight excluding hydrogens is 178 g/mol. The van der Waals surface area contributed by atoms with E-state index in [0.29, 0.717) is 19.6 Å². The van der Waals surface area contributed by atoms with Crippen molar-refractivity contribution in [3.05, 3.63) is 29.8 Å². The number of ether oxygens (including phenoxy) is 1. The summed E-state index contributed by atoms with van der Waals surface area (Å²) in [5.74, 6) is 0.923. The molecule has 0 saturated carbocycles. The van der Waals surface area contributed by atoms with Gasteiger partial charge in [-0.05, 0) is 24.1 Å². The van der Waals surface area contributed by atoms with Gasteiger partial charge in [0.05, 0.1) is 13.0 Å². The zero-order valence-electron chi connectivity index (χ0n) is 7.95. The van der Waals surface area contributed by atoms with E-state index in [1.807, 2.05) is 24.3 Å². The van der Waals surface area contributed by atoms with Crippen LogP contribution in [0, 0.1) is 0 Å². The number of rotatable bonds is 0. The highest BCUT2D eigenvalue weighted by molar-refractivity contribution is 5.76. The van der Waals surface area contributed by atoms with E-state index < -0.39 is 0 Å². The van der Waals surface area contributed by atoms with Crippen molar-refractivity contribution in [3.63, 3.8) is 0 Å². The third-order valence-electron chi connectivity index (χ3n) is 2.23. The third-order valence-corrected chi connectivity index (χ3v) is 2.23. The first-order valence-corrected chi connectivity index (χ1v) is 4.83. The van der Waals surface area contributed by atoms with E-state index in [4.69, 9.17) is 4.74 Å². The summed E-state index contributed by atoms with van der Waals surface area (Å²) in [5.41, 5.74) is 1.20. The van der Waals surface area contributed by atoms with Crippen LogP contribution in [0.3, 0.4) is 0 Å². The summed E-state index contributed by atoms with van der Waals surface area (Å²) < 4.78 is 5.43. The lowest BCUT2D eigenvalue weighted by Crippen LogP contribution is -2.27. The number of carbonyl (C=O) groups is 1. The Bertz CT molecular complexity index is 309. The number of amides is 1. The predicted molar refractivity (Wildman–Crippen MR) is 53.3 cm³/mol. The molecule has 0 aromatic heterocycles. The van der Waals surface area contributed by atoms with Gasteiger partial charge in [-0.25, -0.2) is 0 Å². The Kier molecular flexibility index (Phi) is 2.68. The first-order valence-electron chi connectivity index (χ1n) is 4.83. The molecule has 0 atom stereocenters. The highest BCUT2D eigenvalue weighted by atomic mass is 16.5. The van der Waals surface area contributed by atoms with Crippen LogP contribution >= 0.6 is 0 Å². The van der Waals surface area contributed by atoms with Crippen molar-refractivity contribution in [1.29, 1.82) is 0 Å². The Labute approximate surface area is 83.1 Å². The number of hydrogen-bond acceptors (Lipinski definition) is 2. The van der Waals surface area contributed by atoms with Gasteiger partial charge in [-0.3, -0.25) is 4.79 Å². The van der Waals surface area contributed by atoms with Crippen LogP contribution in [0.2, 0.25) is 0 Å². The van der Waals surface area contributed by atoms with Crippen LogP contribution in [0.4, 0.5) is 0 Å². The lowest BCUT2D eigenvalue weighted by molar-refractivity contribution is -0.121. The monoisotopic (exact) mass is 191 g/mol. The van der Waals surface area contributed by atoms with E-state index in [2.05, 4.69) is 5.32 Å². The standard InChI is InChI=1S/C11H13NO2/c13-11-5-7-14-10-3-1-2-9(8-10)4-6-12-11/h1-3,8H,4-7H2,(H,12,13). The van der Waals surface area contributed by atoms with Gasteiger partial charge in [0.1, 0.15) is 5.75 Å². The van der Waals surface area contributed by atoms with Crippen molar-refractivity contribution >= 4 is 5.91 Å². The fourth-order valence-electron chi connectivity index (χ4n) is 1.49. The Balaban J connectivity index is 2.14. The SMILES string of the molecule is O=C1CCOc2cccc(c2)CCN1. The molecule has 0 unspecified atom stereocenters.